The first-order chi connectivity index (χ1) is 11.7. The first-order valence-electron chi connectivity index (χ1n) is 7.68. The van der Waals surface area contributed by atoms with Crippen molar-refractivity contribution < 1.29 is 4.92 Å². The number of nitrogens with zero attached hydrogens (tertiary/aromatic N) is 4. The Kier molecular flexibility index (Phi) is 4.82. The second kappa shape index (κ2) is 7.38. The summed E-state index contributed by atoms with van der Waals surface area (Å²) < 4.78 is 0. The van der Waals surface area contributed by atoms with Crippen LogP contribution >= 0.6 is 0 Å². The fourth-order valence-electron chi connectivity index (χ4n) is 2.58. The number of hydrogen-bond donors (Lipinski definition) is 0. The summed E-state index contributed by atoms with van der Waals surface area (Å²) in [6, 6.07) is 6.86. The van der Waals surface area contributed by atoms with Crippen LogP contribution in [0.5, 0.6) is 0 Å². The van der Waals surface area contributed by atoms with Crippen LogP contribution in [0.15, 0.2) is 54.5 Å². The molecule has 0 bridgehead atoms. The Morgan fingerprint density at radius 2 is 2.00 bits per heavy atom. The molecule has 24 heavy (non-hydrogen) atoms. The van der Waals surface area contributed by atoms with Gasteiger partial charge in [-0.3, -0.25) is 15.1 Å². The van der Waals surface area contributed by atoms with E-state index in [9.17, 15) is 10.1 Å². The molecule has 3 heterocycles. The van der Waals surface area contributed by atoms with Crippen LogP contribution in [0, 0.1) is 22.0 Å². The molecular formula is C18H16N4O2. The molecule has 0 radical (unpaired) electrons. The number of nitro groups is 1. The molecule has 1 saturated heterocycles. The summed E-state index contributed by atoms with van der Waals surface area (Å²) in [5.41, 5.74) is 2.19. The number of rotatable bonds is 2. The fraction of sp³-hybridized carbons (Fsp3) is 0.222. The van der Waals surface area contributed by atoms with Crippen molar-refractivity contribution in [3.05, 3.63) is 70.2 Å². The minimum atomic E-state index is -0.382. The summed E-state index contributed by atoms with van der Waals surface area (Å²) in [6.07, 6.45) is 8.64. The van der Waals surface area contributed by atoms with Gasteiger partial charge in [0, 0.05) is 43.3 Å². The minimum absolute atomic E-state index is 0.0568. The molecule has 1 aliphatic heterocycles. The summed E-state index contributed by atoms with van der Waals surface area (Å²) in [5.74, 6) is 6.56. The third-order valence-electron chi connectivity index (χ3n) is 3.82. The molecule has 2 aromatic heterocycles. The van der Waals surface area contributed by atoms with Crippen LogP contribution in [-0.4, -0.2) is 28.0 Å². The highest BCUT2D eigenvalue weighted by molar-refractivity contribution is 5.57. The maximum absolute atomic E-state index is 11.1. The van der Waals surface area contributed by atoms with Crippen molar-refractivity contribution in [2.75, 3.05) is 18.0 Å². The lowest BCUT2D eigenvalue weighted by atomic mass is 10.0. The first-order valence-corrected chi connectivity index (χ1v) is 7.68. The molecule has 6 nitrogen and oxygen atoms in total. The van der Waals surface area contributed by atoms with Gasteiger partial charge in [-0.2, -0.15) is 0 Å². The van der Waals surface area contributed by atoms with E-state index >= 15 is 0 Å². The molecular weight excluding hydrogens is 304 g/mol. The summed E-state index contributed by atoms with van der Waals surface area (Å²) in [7, 11) is 0. The van der Waals surface area contributed by atoms with Crippen molar-refractivity contribution in [1.29, 1.82) is 0 Å². The molecule has 0 N–H and O–H groups in total. The Morgan fingerprint density at radius 3 is 2.71 bits per heavy atom. The third-order valence-corrected chi connectivity index (χ3v) is 3.82. The molecule has 0 aromatic carbocycles. The second-order valence-electron chi connectivity index (χ2n) is 5.40. The standard InChI is InChI=1S/C18H16N4O2/c23-22(24)17-7-3-11-20-18(17)21-12-8-15(9-13-21)4-1-5-16-6-2-10-19-14-16/h2-4,6-7,10-11,14H,8-9,12-13H2. The Morgan fingerprint density at radius 1 is 1.21 bits per heavy atom. The van der Waals surface area contributed by atoms with Crippen LogP contribution < -0.4 is 4.90 Å². The van der Waals surface area contributed by atoms with Crippen LogP contribution in [-0.2, 0) is 0 Å². The van der Waals surface area contributed by atoms with E-state index < -0.39 is 0 Å². The van der Waals surface area contributed by atoms with Gasteiger partial charge in [-0.05, 0) is 37.1 Å². The van der Waals surface area contributed by atoms with Crippen LogP contribution in [0.25, 0.3) is 0 Å². The predicted octanol–water partition coefficient (Wildman–Crippen LogP) is 2.96. The Balaban J connectivity index is 1.65. The van der Waals surface area contributed by atoms with Gasteiger partial charge in [0.15, 0.2) is 0 Å². The number of pyridine rings is 2. The molecule has 0 saturated carbocycles. The number of anilines is 1. The zero-order valence-electron chi connectivity index (χ0n) is 13.1. The van der Waals surface area contributed by atoms with Crippen molar-refractivity contribution >= 4 is 11.5 Å². The SMILES string of the molecule is O=[N+]([O-])c1cccnc1N1CCC(=CC#Cc2cccnc2)CC1. The highest BCUT2D eigenvalue weighted by atomic mass is 16.6. The van der Waals surface area contributed by atoms with E-state index in [1.807, 2.05) is 23.1 Å². The van der Waals surface area contributed by atoms with Crippen molar-refractivity contribution in [2.45, 2.75) is 12.8 Å². The highest BCUT2D eigenvalue weighted by Gasteiger charge is 2.23. The Hall–Kier alpha value is -3.20. The maximum atomic E-state index is 11.1. The fourth-order valence-corrected chi connectivity index (χ4v) is 2.58. The molecule has 1 aliphatic rings. The lowest BCUT2D eigenvalue weighted by Gasteiger charge is -2.28. The lowest BCUT2D eigenvalue weighted by Crippen LogP contribution is -2.31. The van der Waals surface area contributed by atoms with Gasteiger partial charge >= 0.3 is 5.69 Å². The Bertz CT molecular complexity index is 812. The normalized spacial score (nSPS) is 13.8. The first kappa shape index (κ1) is 15.7. The Labute approximate surface area is 140 Å². The van der Waals surface area contributed by atoms with Gasteiger partial charge in [0.2, 0.25) is 5.82 Å². The average molecular weight is 320 g/mol. The van der Waals surface area contributed by atoms with E-state index in [4.69, 9.17) is 0 Å². The third kappa shape index (κ3) is 3.76. The zero-order chi connectivity index (χ0) is 16.8. The second-order valence-corrected chi connectivity index (χ2v) is 5.40. The predicted molar refractivity (Wildman–Crippen MR) is 91.5 cm³/mol. The van der Waals surface area contributed by atoms with E-state index in [1.54, 1.807) is 24.7 Å². The topological polar surface area (TPSA) is 72.2 Å². The quantitative estimate of drug-likeness (QED) is 0.483. The van der Waals surface area contributed by atoms with E-state index in [-0.39, 0.29) is 10.6 Å². The molecule has 0 spiro atoms. The van der Waals surface area contributed by atoms with Crippen LogP contribution in [0.2, 0.25) is 0 Å². The number of hydrogen-bond acceptors (Lipinski definition) is 5. The molecule has 3 rings (SSSR count). The highest BCUT2D eigenvalue weighted by Crippen LogP contribution is 2.28. The lowest BCUT2D eigenvalue weighted by molar-refractivity contribution is -0.384. The molecule has 1 fully saturated rings. The number of allylic oxidation sites excluding steroid dienone is 1. The minimum Gasteiger partial charge on any atom is -0.350 e. The van der Waals surface area contributed by atoms with Gasteiger partial charge in [0.25, 0.3) is 0 Å². The molecule has 0 atom stereocenters. The van der Waals surface area contributed by atoms with E-state index in [2.05, 4.69) is 21.8 Å². The van der Waals surface area contributed by atoms with Gasteiger partial charge in [-0.15, -0.1) is 0 Å². The summed E-state index contributed by atoms with van der Waals surface area (Å²) in [6.45, 7) is 1.41. The average Bonchev–Trinajstić information content (AvgIpc) is 2.63. The van der Waals surface area contributed by atoms with Crippen molar-refractivity contribution in [1.82, 2.24) is 9.97 Å². The molecule has 6 heteroatoms. The maximum Gasteiger partial charge on any atom is 0.311 e. The van der Waals surface area contributed by atoms with E-state index in [0.717, 1.165) is 18.4 Å². The summed E-state index contributed by atoms with van der Waals surface area (Å²) in [5, 5.41) is 11.1. The monoisotopic (exact) mass is 320 g/mol. The summed E-state index contributed by atoms with van der Waals surface area (Å²) >= 11 is 0. The smallest absolute Gasteiger partial charge is 0.311 e. The van der Waals surface area contributed by atoms with Crippen molar-refractivity contribution in [2.24, 2.45) is 0 Å². The van der Waals surface area contributed by atoms with Gasteiger partial charge in [-0.1, -0.05) is 17.4 Å². The van der Waals surface area contributed by atoms with Crippen LogP contribution in [0.1, 0.15) is 18.4 Å². The molecule has 0 unspecified atom stereocenters. The zero-order valence-corrected chi connectivity index (χ0v) is 13.1. The molecule has 0 aliphatic carbocycles. The molecule has 0 amide bonds. The number of aromatic nitrogens is 2. The van der Waals surface area contributed by atoms with E-state index in [1.165, 1.54) is 11.6 Å². The van der Waals surface area contributed by atoms with Crippen molar-refractivity contribution in [3.8, 4) is 11.8 Å². The molecule has 2 aromatic rings. The van der Waals surface area contributed by atoms with Gasteiger partial charge in [-0.25, -0.2) is 4.98 Å². The van der Waals surface area contributed by atoms with Gasteiger partial charge in [0.05, 0.1) is 4.92 Å². The van der Waals surface area contributed by atoms with Gasteiger partial charge in [0.1, 0.15) is 0 Å². The summed E-state index contributed by atoms with van der Waals surface area (Å²) in [4.78, 5) is 20.9. The van der Waals surface area contributed by atoms with E-state index in [0.29, 0.717) is 18.9 Å². The van der Waals surface area contributed by atoms with Crippen LogP contribution in [0.3, 0.4) is 0 Å². The van der Waals surface area contributed by atoms with Crippen LogP contribution in [0.4, 0.5) is 11.5 Å². The molecule has 120 valence electrons. The van der Waals surface area contributed by atoms with Gasteiger partial charge < -0.3 is 4.90 Å². The largest absolute Gasteiger partial charge is 0.350 e. The number of piperidine rings is 1. The van der Waals surface area contributed by atoms with Crippen molar-refractivity contribution in [3.63, 3.8) is 0 Å².